The summed E-state index contributed by atoms with van der Waals surface area (Å²) in [4.78, 5) is 0. The van der Waals surface area contributed by atoms with E-state index in [0.717, 1.165) is 4.57 Å². The van der Waals surface area contributed by atoms with Crippen LogP contribution < -0.4 is 0 Å². The SMILES string of the molecule is N#Cc1cc(Cl)ccc1-n1cc(C(F)(F)F)c2c1CC(F)(F)C2O. The Bertz CT molecular complexity index is 866. The first kappa shape index (κ1) is 16.7. The molecular formula is C15H8ClF5N2O. The molecule has 0 bridgehead atoms. The number of aromatic nitrogens is 1. The predicted molar refractivity (Wildman–Crippen MR) is 74.1 cm³/mol. The molecule has 1 aliphatic carbocycles. The second kappa shape index (κ2) is 5.19. The van der Waals surface area contributed by atoms with Gasteiger partial charge in [-0.15, -0.1) is 0 Å². The highest BCUT2D eigenvalue weighted by molar-refractivity contribution is 6.30. The minimum atomic E-state index is -4.92. The van der Waals surface area contributed by atoms with Crippen molar-refractivity contribution < 1.29 is 27.1 Å². The van der Waals surface area contributed by atoms with Gasteiger partial charge in [-0.3, -0.25) is 0 Å². The normalized spacial score (nSPS) is 19.2. The van der Waals surface area contributed by atoms with Gasteiger partial charge in [0.05, 0.1) is 23.2 Å². The molecule has 126 valence electrons. The van der Waals surface area contributed by atoms with E-state index in [1.807, 2.05) is 0 Å². The average molecular weight is 363 g/mol. The molecule has 1 aromatic carbocycles. The molecular weight excluding hydrogens is 355 g/mol. The van der Waals surface area contributed by atoms with E-state index in [1.165, 1.54) is 18.2 Å². The predicted octanol–water partition coefficient (Wildman–Crippen LogP) is 4.25. The fourth-order valence-electron chi connectivity index (χ4n) is 2.83. The lowest BCUT2D eigenvalue weighted by Gasteiger charge is -2.16. The van der Waals surface area contributed by atoms with Crippen LogP contribution in [0.15, 0.2) is 24.4 Å². The third-order valence-corrected chi connectivity index (χ3v) is 4.11. The summed E-state index contributed by atoms with van der Waals surface area (Å²) in [6.07, 6.45) is -7.92. The third-order valence-electron chi connectivity index (χ3n) is 3.87. The van der Waals surface area contributed by atoms with Gasteiger partial charge in [-0.05, 0) is 18.2 Å². The highest BCUT2D eigenvalue weighted by Gasteiger charge is 2.53. The van der Waals surface area contributed by atoms with Crippen LogP contribution in [0.1, 0.15) is 28.5 Å². The summed E-state index contributed by atoms with van der Waals surface area (Å²) in [5, 5.41) is 18.9. The minimum absolute atomic E-state index is 0.0152. The molecule has 0 spiro atoms. The van der Waals surface area contributed by atoms with Crippen molar-refractivity contribution in [3.05, 3.63) is 51.8 Å². The second-order valence-corrected chi connectivity index (χ2v) is 5.82. The lowest BCUT2D eigenvalue weighted by atomic mass is 10.1. The van der Waals surface area contributed by atoms with E-state index in [0.29, 0.717) is 6.20 Å². The van der Waals surface area contributed by atoms with Crippen LogP contribution in [0.25, 0.3) is 5.69 Å². The summed E-state index contributed by atoms with van der Waals surface area (Å²) in [5.74, 6) is -3.72. The number of nitriles is 1. The molecule has 1 N–H and O–H groups in total. The Morgan fingerprint density at radius 3 is 2.58 bits per heavy atom. The van der Waals surface area contributed by atoms with Crippen LogP contribution in [-0.4, -0.2) is 15.6 Å². The Hall–Kier alpha value is -2.11. The second-order valence-electron chi connectivity index (χ2n) is 5.38. The van der Waals surface area contributed by atoms with Gasteiger partial charge in [-0.1, -0.05) is 11.6 Å². The number of fused-ring (bicyclic) bond motifs is 1. The Balaban J connectivity index is 2.30. The Morgan fingerprint density at radius 1 is 1.33 bits per heavy atom. The van der Waals surface area contributed by atoms with Gasteiger partial charge in [0.2, 0.25) is 0 Å². The van der Waals surface area contributed by atoms with E-state index >= 15 is 0 Å². The van der Waals surface area contributed by atoms with Crippen molar-refractivity contribution in [3.8, 4) is 11.8 Å². The van der Waals surface area contributed by atoms with Crippen LogP contribution >= 0.6 is 11.6 Å². The first-order chi connectivity index (χ1) is 11.1. The van der Waals surface area contributed by atoms with Crippen molar-refractivity contribution in [2.24, 2.45) is 0 Å². The number of rotatable bonds is 1. The minimum Gasteiger partial charge on any atom is -0.382 e. The fourth-order valence-corrected chi connectivity index (χ4v) is 3.00. The number of hydrogen-bond acceptors (Lipinski definition) is 2. The van der Waals surface area contributed by atoms with E-state index in [1.54, 1.807) is 6.07 Å². The lowest BCUT2D eigenvalue weighted by Crippen LogP contribution is -2.24. The topological polar surface area (TPSA) is 49.0 Å². The molecule has 24 heavy (non-hydrogen) atoms. The van der Waals surface area contributed by atoms with Gasteiger partial charge in [0, 0.05) is 22.5 Å². The first-order valence-electron chi connectivity index (χ1n) is 6.63. The fraction of sp³-hybridized carbons (Fsp3) is 0.267. The van der Waals surface area contributed by atoms with Gasteiger partial charge in [0.25, 0.3) is 5.92 Å². The summed E-state index contributed by atoms with van der Waals surface area (Å²) < 4.78 is 68.0. The Kier molecular flexibility index (Phi) is 3.62. The van der Waals surface area contributed by atoms with E-state index in [9.17, 15) is 27.1 Å². The lowest BCUT2D eigenvalue weighted by molar-refractivity contribution is -0.142. The van der Waals surface area contributed by atoms with Crippen LogP contribution in [0, 0.1) is 11.3 Å². The van der Waals surface area contributed by atoms with Crippen molar-refractivity contribution in [2.45, 2.75) is 24.6 Å². The largest absolute Gasteiger partial charge is 0.418 e. The van der Waals surface area contributed by atoms with Crippen molar-refractivity contribution in [3.63, 3.8) is 0 Å². The monoisotopic (exact) mass is 362 g/mol. The summed E-state index contributed by atoms with van der Waals surface area (Å²) >= 11 is 5.75. The number of alkyl halides is 5. The summed E-state index contributed by atoms with van der Waals surface area (Å²) in [6.45, 7) is 0. The van der Waals surface area contributed by atoms with Crippen LogP contribution in [0.2, 0.25) is 5.02 Å². The molecule has 0 aliphatic heterocycles. The van der Waals surface area contributed by atoms with Gasteiger partial charge < -0.3 is 9.67 Å². The highest BCUT2D eigenvalue weighted by atomic mass is 35.5. The Morgan fingerprint density at radius 2 is 2.00 bits per heavy atom. The summed E-state index contributed by atoms with van der Waals surface area (Å²) in [7, 11) is 0. The van der Waals surface area contributed by atoms with E-state index in [-0.39, 0.29) is 22.0 Å². The number of benzene rings is 1. The zero-order chi connectivity index (χ0) is 17.9. The van der Waals surface area contributed by atoms with E-state index in [4.69, 9.17) is 16.9 Å². The van der Waals surface area contributed by atoms with Crippen molar-refractivity contribution in [1.29, 1.82) is 5.26 Å². The summed E-state index contributed by atoms with van der Waals surface area (Å²) in [6, 6.07) is 5.59. The number of hydrogen-bond donors (Lipinski definition) is 1. The van der Waals surface area contributed by atoms with Crippen LogP contribution in [0.5, 0.6) is 0 Å². The van der Waals surface area contributed by atoms with Crippen molar-refractivity contribution >= 4 is 11.6 Å². The first-order valence-corrected chi connectivity index (χ1v) is 7.01. The molecule has 3 rings (SSSR count). The number of aliphatic hydroxyl groups excluding tert-OH is 1. The molecule has 3 nitrogen and oxygen atoms in total. The van der Waals surface area contributed by atoms with Gasteiger partial charge in [0.15, 0.2) is 0 Å². The molecule has 0 saturated carbocycles. The maximum atomic E-state index is 13.8. The van der Waals surface area contributed by atoms with E-state index in [2.05, 4.69) is 0 Å². The summed E-state index contributed by atoms with van der Waals surface area (Å²) in [5.41, 5.74) is -2.66. The van der Waals surface area contributed by atoms with Gasteiger partial charge >= 0.3 is 6.18 Å². The molecule has 0 fully saturated rings. The van der Waals surface area contributed by atoms with E-state index < -0.39 is 35.8 Å². The van der Waals surface area contributed by atoms with Crippen LogP contribution in [0.4, 0.5) is 22.0 Å². The smallest absolute Gasteiger partial charge is 0.382 e. The Labute approximate surface area is 137 Å². The average Bonchev–Trinajstić information content (AvgIpc) is 2.94. The van der Waals surface area contributed by atoms with Gasteiger partial charge in [-0.25, -0.2) is 8.78 Å². The highest BCUT2D eigenvalue weighted by Crippen LogP contribution is 2.50. The number of aliphatic hydroxyl groups is 1. The molecule has 1 atom stereocenters. The van der Waals surface area contributed by atoms with Crippen LogP contribution in [-0.2, 0) is 12.6 Å². The van der Waals surface area contributed by atoms with Gasteiger partial charge in [0.1, 0.15) is 12.2 Å². The maximum Gasteiger partial charge on any atom is 0.418 e. The molecule has 1 aliphatic rings. The zero-order valence-electron chi connectivity index (χ0n) is 11.7. The molecule has 0 radical (unpaired) electrons. The van der Waals surface area contributed by atoms with Gasteiger partial charge in [-0.2, -0.15) is 18.4 Å². The zero-order valence-corrected chi connectivity index (χ0v) is 12.5. The molecule has 0 saturated heterocycles. The molecule has 1 heterocycles. The molecule has 0 amide bonds. The molecule has 1 unspecified atom stereocenters. The maximum absolute atomic E-state index is 13.8. The van der Waals surface area contributed by atoms with Crippen LogP contribution in [0.3, 0.4) is 0 Å². The molecule has 1 aromatic heterocycles. The molecule has 2 aromatic rings. The molecule has 9 heteroatoms. The quantitative estimate of drug-likeness (QED) is 0.771. The van der Waals surface area contributed by atoms with Crippen molar-refractivity contribution in [1.82, 2.24) is 4.57 Å². The standard InChI is InChI=1S/C15H8ClF5N2O/c16-8-1-2-10(7(3-8)5-22)23-6-9(15(19,20)21)12-11(23)4-14(17,18)13(12)24/h1-3,6,13,24H,4H2. The number of halogens is 6. The third kappa shape index (κ3) is 2.44. The number of nitrogens with zero attached hydrogens (tertiary/aromatic N) is 2. The van der Waals surface area contributed by atoms with Crippen molar-refractivity contribution in [2.75, 3.05) is 0 Å².